The summed E-state index contributed by atoms with van der Waals surface area (Å²) in [4.78, 5) is 24.2. The molecule has 0 saturated carbocycles. The minimum Gasteiger partial charge on any atom is -0.459 e. The summed E-state index contributed by atoms with van der Waals surface area (Å²) >= 11 is 0. The number of hydrogen-bond acceptors (Lipinski definition) is 4. The van der Waals surface area contributed by atoms with Crippen molar-refractivity contribution in [3.8, 4) is 0 Å². The molecule has 0 radical (unpaired) electrons. The van der Waals surface area contributed by atoms with E-state index in [1.165, 1.54) is 0 Å². The normalized spacial score (nSPS) is 21.9. The highest BCUT2D eigenvalue weighted by molar-refractivity contribution is 6.32. The van der Waals surface area contributed by atoms with Crippen molar-refractivity contribution in [3.05, 3.63) is 0 Å². The standard InChI is InChI=1S/C9H16N2O3/c1-3-14-9(13)8(12)11-5-4-10-6-7(11)2/h7,10H,3-6H2,1-2H3. The van der Waals surface area contributed by atoms with E-state index in [9.17, 15) is 9.59 Å². The molecule has 1 heterocycles. The van der Waals surface area contributed by atoms with Crippen LogP contribution in [0.4, 0.5) is 0 Å². The van der Waals surface area contributed by atoms with Gasteiger partial charge in [-0.3, -0.25) is 4.79 Å². The molecule has 0 aromatic rings. The van der Waals surface area contributed by atoms with Crippen molar-refractivity contribution >= 4 is 11.9 Å². The molecule has 0 bridgehead atoms. The highest BCUT2D eigenvalue weighted by Crippen LogP contribution is 2.03. The van der Waals surface area contributed by atoms with Crippen molar-refractivity contribution < 1.29 is 14.3 Å². The molecule has 1 amide bonds. The summed E-state index contributed by atoms with van der Waals surface area (Å²) in [7, 11) is 0. The van der Waals surface area contributed by atoms with Crippen LogP contribution < -0.4 is 5.32 Å². The molecule has 5 heteroatoms. The van der Waals surface area contributed by atoms with E-state index in [1.54, 1.807) is 11.8 Å². The second kappa shape index (κ2) is 4.95. The Bertz CT molecular complexity index is 230. The van der Waals surface area contributed by atoms with Gasteiger partial charge in [0.05, 0.1) is 6.61 Å². The Labute approximate surface area is 83.4 Å². The molecule has 14 heavy (non-hydrogen) atoms. The summed E-state index contributed by atoms with van der Waals surface area (Å²) in [5.74, 6) is -1.28. The maximum Gasteiger partial charge on any atom is 0.397 e. The smallest absolute Gasteiger partial charge is 0.397 e. The van der Waals surface area contributed by atoms with E-state index >= 15 is 0 Å². The van der Waals surface area contributed by atoms with Crippen molar-refractivity contribution in [2.24, 2.45) is 0 Å². The number of nitrogens with one attached hydrogen (secondary N) is 1. The van der Waals surface area contributed by atoms with Gasteiger partial charge < -0.3 is 15.0 Å². The SMILES string of the molecule is CCOC(=O)C(=O)N1CCNCC1C. The van der Waals surface area contributed by atoms with Crippen molar-refractivity contribution in [3.63, 3.8) is 0 Å². The number of rotatable bonds is 1. The van der Waals surface area contributed by atoms with Crippen LogP contribution in [-0.2, 0) is 14.3 Å². The van der Waals surface area contributed by atoms with Crippen molar-refractivity contribution in [1.82, 2.24) is 10.2 Å². The molecular weight excluding hydrogens is 184 g/mol. The minimum absolute atomic E-state index is 0.0562. The van der Waals surface area contributed by atoms with Gasteiger partial charge in [0.25, 0.3) is 0 Å². The number of piperazine rings is 1. The molecular formula is C9H16N2O3. The Kier molecular flexibility index (Phi) is 3.88. The number of carbonyl (C=O) groups excluding carboxylic acids is 2. The zero-order chi connectivity index (χ0) is 10.6. The second-order valence-electron chi connectivity index (χ2n) is 3.27. The predicted octanol–water partition coefficient (Wildman–Crippen LogP) is -0.630. The summed E-state index contributed by atoms with van der Waals surface area (Å²) in [5, 5.41) is 3.14. The molecule has 1 unspecified atom stereocenters. The van der Waals surface area contributed by atoms with Gasteiger partial charge in [-0.05, 0) is 13.8 Å². The molecule has 1 atom stereocenters. The molecule has 1 saturated heterocycles. The Morgan fingerprint density at radius 2 is 2.29 bits per heavy atom. The van der Waals surface area contributed by atoms with E-state index in [0.717, 1.165) is 13.1 Å². The van der Waals surface area contributed by atoms with Gasteiger partial charge >= 0.3 is 11.9 Å². The van der Waals surface area contributed by atoms with Gasteiger partial charge in [-0.25, -0.2) is 4.79 Å². The number of amides is 1. The van der Waals surface area contributed by atoms with Crippen LogP contribution in [0.2, 0.25) is 0 Å². The van der Waals surface area contributed by atoms with Crippen LogP contribution in [0.3, 0.4) is 0 Å². The Morgan fingerprint density at radius 3 is 2.86 bits per heavy atom. The highest BCUT2D eigenvalue weighted by Gasteiger charge is 2.28. The van der Waals surface area contributed by atoms with E-state index < -0.39 is 11.9 Å². The fraction of sp³-hybridized carbons (Fsp3) is 0.778. The molecule has 80 valence electrons. The Morgan fingerprint density at radius 1 is 1.57 bits per heavy atom. The first-order valence-corrected chi connectivity index (χ1v) is 4.85. The second-order valence-corrected chi connectivity index (χ2v) is 3.27. The lowest BCUT2D eigenvalue weighted by Gasteiger charge is -2.32. The van der Waals surface area contributed by atoms with E-state index in [4.69, 9.17) is 0 Å². The monoisotopic (exact) mass is 200 g/mol. The molecule has 1 aliphatic heterocycles. The lowest BCUT2D eigenvalue weighted by atomic mass is 10.2. The summed E-state index contributed by atoms with van der Waals surface area (Å²) in [5.41, 5.74) is 0. The molecule has 0 aromatic carbocycles. The number of esters is 1. The number of hydrogen-bond donors (Lipinski definition) is 1. The first kappa shape index (κ1) is 11.0. The van der Waals surface area contributed by atoms with E-state index in [2.05, 4.69) is 10.1 Å². The lowest BCUT2D eigenvalue weighted by Crippen LogP contribution is -2.54. The third-order valence-electron chi connectivity index (χ3n) is 2.21. The van der Waals surface area contributed by atoms with Gasteiger partial charge in [-0.1, -0.05) is 0 Å². The van der Waals surface area contributed by atoms with Crippen LogP contribution in [0.1, 0.15) is 13.8 Å². The fourth-order valence-corrected chi connectivity index (χ4v) is 1.45. The van der Waals surface area contributed by atoms with Crippen LogP contribution in [0.15, 0.2) is 0 Å². The van der Waals surface area contributed by atoms with E-state index in [1.807, 2.05) is 6.92 Å². The lowest BCUT2D eigenvalue weighted by molar-refractivity contribution is -0.161. The summed E-state index contributed by atoms with van der Waals surface area (Å²) < 4.78 is 4.65. The van der Waals surface area contributed by atoms with Gasteiger partial charge in [0.1, 0.15) is 0 Å². The first-order valence-electron chi connectivity index (χ1n) is 4.85. The molecule has 0 aromatic heterocycles. The average molecular weight is 200 g/mol. The van der Waals surface area contributed by atoms with Crippen molar-refractivity contribution in [2.45, 2.75) is 19.9 Å². The van der Waals surface area contributed by atoms with Crippen LogP contribution in [0.5, 0.6) is 0 Å². The largest absolute Gasteiger partial charge is 0.459 e. The van der Waals surface area contributed by atoms with Crippen molar-refractivity contribution in [2.75, 3.05) is 26.2 Å². The zero-order valence-electron chi connectivity index (χ0n) is 8.58. The van der Waals surface area contributed by atoms with Gasteiger partial charge in [-0.15, -0.1) is 0 Å². The average Bonchev–Trinajstić information content (AvgIpc) is 2.18. The highest BCUT2D eigenvalue weighted by atomic mass is 16.5. The molecule has 1 rings (SSSR count). The predicted molar refractivity (Wildman–Crippen MR) is 50.7 cm³/mol. The van der Waals surface area contributed by atoms with Crippen molar-refractivity contribution in [1.29, 1.82) is 0 Å². The van der Waals surface area contributed by atoms with Crippen LogP contribution in [0.25, 0.3) is 0 Å². The molecule has 0 spiro atoms. The van der Waals surface area contributed by atoms with Gasteiger partial charge in [0, 0.05) is 25.7 Å². The Hall–Kier alpha value is -1.10. The molecule has 1 fully saturated rings. The fourth-order valence-electron chi connectivity index (χ4n) is 1.45. The number of carbonyl (C=O) groups is 2. The topological polar surface area (TPSA) is 58.6 Å². The van der Waals surface area contributed by atoms with Gasteiger partial charge in [0.15, 0.2) is 0 Å². The van der Waals surface area contributed by atoms with Crippen LogP contribution in [-0.4, -0.2) is 49.1 Å². The maximum atomic E-state index is 11.5. The third kappa shape index (κ3) is 2.45. The quantitative estimate of drug-likeness (QED) is 0.452. The number of nitrogens with zero attached hydrogens (tertiary/aromatic N) is 1. The van der Waals surface area contributed by atoms with E-state index in [-0.39, 0.29) is 12.6 Å². The summed E-state index contributed by atoms with van der Waals surface area (Å²) in [6.07, 6.45) is 0. The van der Waals surface area contributed by atoms with Crippen LogP contribution in [0, 0.1) is 0 Å². The maximum absolute atomic E-state index is 11.5. The third-order valence-corrected chi connectivity index (χ3v) is 2.21. The Balaban J connectivity index is 2.53. The molecule has 1 N–H and O–H groups in total. The molecule has 1 aliphatic rings. The zero-order valence-corrected chi connectivity index (χ0v) is 8.58. The summed E-state index contributed by atoms with van der Waals surface area (Å²) in [6, 6.07) is 0.0562. The first-order chi connectivity index (χ1) is 6.66. The number of ether oxygens (including phenoxy) is 1. The summed E-state index contributed by atoms with van der Waals surface area (Å²) in [6.45, 7) is 5.86. The van der Waals surface area contributed by atoms with E-state index in [0.29, 0.717) is 6.54 Å². The minimum atomic E-state index is -0.749. The van der Waals surface area contributed by atoms with Crippen LogP contribution >= 0.6 is 0 Å². The van der Waals surface area contributed by atoms with Gasteiger partial charge in [-0.2, -0.15) is 0 Å². The molecule has 0 aliphatic carbocycles. The molecule has 5 nitrogen and oxygen atoms in total. The van der Waals surface area contributed by atoms with Gasteiger partial charge in [0.2, 0.25) is 0 Å².